The van der Waals surface area contributed by atoms with Crippen LogP contribution < -0.4 is 0 Å². The van der Waals surface area contributed by atoms with Gasteiger partial charge < -0.3 is 19.7 Å². The van der Waals surface area contributed by atoms with Crippen molar-refractivity contribution in [3.63, 3.8) is 0 Å². The van der Waals surface area contributed by atoms with Gasteiger partial charge in [-0.2, -0.15) is 0 Å². The molecule has 9 heteroatoms. The molecule has 1 fully saturated rings. The third-order valence-electron chi connectivity index (χ3n) is 5.96. The Balaban J connectivity index is 1.89. The standard InChI is InChI=1S/C26H24ClN3O5/c1-4-35-26(34)21-14(2)19(15(3)29-21)23(31)20-22(17-7-9-18(27)10-8-17)30(25(33)24(20)32)13-16-6-5-11-28-12-16/h5-12,22,29,31H,4,13H2,1-3H3/b23-20+/t22-/m1/s1. The number of nitrogens with zero attached hydrogens (tertiary/aromatic N) is 2. The number of pyridine rings is 1. The van der Waals surface area contributed by atoms with Gasteiger partial charge in [-0.25, -0.2) is 4.79 Å². The Morgan fingerprint density at radius 2 is 1.91 bits per heavy atom. The fourth-order valence-electron chi connectivity index (χ4n) is 4.37. The van der Waals surface area contributed by atoms with E-state index in [0.29, 0.717) is 21.8 Å². The number of ketones is 1. The maximum absolute atomic E-state index is 13.3. The molecule has 0 spiro atoms. The van der Waals surface area contributed by atoms with Crippen LogP contribution in [0.3, 0.4) is 0 Å². The van der Waals surface area contributed by atoms with E-state index in [1.165, 1.54) is 4.90 Å². The molecule has 1 aliphatic rings. The number of likely N-dealkylation sites (tertiary alicyclic amines) is 1. The maximum atomic E-state index is 13.3. The van der Waals surface area contributed by atoms with Gasteiger partial charge in [0.2, 0.25) is 0 Å². The van der Waals surface area contributed by atoms with Crippen molar-refractivity contribution in [2.75, 3.05) is 6.61 Å². The quantitative estimate of drug-likeness (QED) is 0.226. The number of benzene rings is 1. The van der Waals surface area contributed by atoms with Crippen molar-refractivity contribution in [3.05, 3.63) is 93.0 Å². The summed E-state index contributed by atoms with van der Waals surface area (Å²) in [5.74, 6) is -2.49. The Kier molecular flexibility index (Phi) is 6.75. The molecule has 3 aromatic rings. The van der Waals surface area contributed by atoms with Crippen molar-refractivity contribution in [2.45, 2.75) is 33.4 Å². The molecule has 1 atom stereocenters. The topological polar surface area (TPSA) is 113 Å². The zero-order valence-corrected chi connectivity index (χ0v) is 20.2. The summed E-state index contributed by atoms with van der Waals surface area (Å²) in [6.07, 6.45) is 3.23. The molecule has 2 N–H and O–H groups in total. The number of halogens is 1. The predicted molar refractivity (Wildman–Crippen MR) is 130 cm³/mol. The number of Topliss-reactive ketones (excluding diaryl/α,β-unsaturated/α-hetero) is 1. The molecule has 0 aliphatic carbocycles. The number of aromatic amines is 1. The van der Waals surface area contributed by atoms with Crippen LogP contribution in [0, 0.1) is 13.8 Å². The predicted octanol–water partition coefficient (Wildman–Crippen LogP) is 4.48. The summed E-state index contributed by atoms with van der Waals surface area (Å²) >= 11 is 6.07. The molecule has 3 heterocycles. The maximum Gasteiger partial charge on any atom is 0.355 e. The van der Waals surface area contributed by atoms with Crippen LogP contribution in [0.25, 0.3) is 5.76 Å². The average molecular weight is 494 g/mol. The van der Waals surface area contributed by atoms with Crippen LogP contribution in [0.2, 0.25) is 5.02 Å². The van der Waals surface area contributed by atoms with E-state index in [1.54, 1.807) is 69.6 Å². The minimum absolute atomic E-state index is 0.0678. The van der Waals surface area contributed by atoms with E-state index in [2.05, 4.69) is 9.97 Å². The average Bonchev–Trinajstić information content (AvgIpc) is 3.27. The van der Waals surface area contributed by atoms with Gasteiger partial charge in [-0.15, -0.1) is 0 Å². The molecule has 2 aromatic heterocycles. The molecular formula is C26H24ClN3O5. The van der Waals surface area contributed by atoms with E-state index in [4.69, 9.17) is 16.3 Å². The number of esters is 1. The molecule has 0 unspecified atom stereocenters. The smallest absolute Gasteiger partial charge is 0.355 e. The number of hydrogen-bond donors (Lipinski definition) is 2. The second-order valence-corrected chi connectivity index (χ2v) is 8.62. The van der Waals surface area contributed by atoms with Crippen LogP contribution in [0.5, 0.6) is 0 Å². The summed E-state index contributed by atoms with van der Waals surface area (Å²) in [7, 11) is 0. The van der Waals surface area contributed by atoms with E-state index in [0.717, 1.165) is 5.56 Å². The fraction of sp³-hybridized carbons (Fsp3) is 0.231. The number of H-pyrrole nitrogens is 1. The second-order valence-electron chi connectivity index (χ2n) is 8.19. The van der Waals surface area contributed by atoms with Crippen molar-refractivity contribution >= 4 is 35.0 Å². The van der Waals surface area contributed by atoms with E-state index >= 15 is 0 Å². The zero-order chi connectivity index (χ0) is 25.3. The summed E-state index contributed by atoms with van der Waals surface area (Å²) in [6.45, 7) is 5.32. The highest BCUT2D eigenvalue weighted by molar-refractivity contribution is 6.46. The first-order valence-electron chi connectivity index (χ1n) is 11.0. The van der Waals surface area contributed by atoms with Gasteiger partial charge in [0, 0.05) is 35.2 Å². The van der Waals surface area contributed by atoms with Gasteiger partial charge in [-0.3, -0.25) is 14.6 Å². The largest absolute Gasteiger partial charge is 0.507 e. The lowest BCUT2D eigenvalue weighted by Gasteiger charge is -2.25. The number of rotatable bonds is 6. The van der Waals surface area contributed by atoms with Crippen molar-refractivity contribution in [1.29, 1.82) is 0 Å². The van der Waals surface area contributed by atoms with E-state index in [-0.39, 0.29) is 35.7 Å². The van der Waals surface area contributed by atoms with Crippen molar-refractivity contribution in [2.24, 2.45) is 0 Å². The SMILES string of the molecule is CCOC(=O)c1[nH]c(C)c(/C(O)=C2\C(=O)C(=O)N(Cc3cccnc3)[C@@H]2c2ccc(Cl)cc2)c1C. The number of amides is 1. The molecular weight excluding hydrogens is 470 g/mol. The summed E-state index contributed by atoms with van der Waals surface area (Å²) < 4.78 is 5.09. The molecule has 1 aliphatic heterocycles. The number of hydrogen-bond acceptors (Lipinski definition) is 6. The van der Waals surface area contributed by atoms with E-state index < -0.39 is 23.7 Å². The van der Waals surface area contributed by atoms with Crippen molar-refractivity contribution < 1.29 is 24.2 Å². The lowest BCUT2D eigenvalue weighted by Crippen LogP contribution is -2.29. The minimum Gasteiger partial charge on any atom is -0.507 e. The van der Waals surface area contributed by atoms with Gasteiger partial charge in [-0.05, 0) is 55.7 Å². The third-order valence-corrected chi connectivity index (χ3v) is 6.21. The first kappa shape index (κ1) is 24.2. The Hall–Kier alpha value is -3.91. The molecule has 0 saturated carbocycles. The van der Waals surface area contributed by atoms with Gasteiger partial charge in [0.1, 0.15) is 11.5 Å². The number of aliphatic hydroxyl groups is 1. The van der Waals surface area contributed by atoms with Crippen molar-refractivity contribution in [1.82, 2.24) is 14.9 Å². The first-order valence-corrected chi connectivity index (χ1v) is 11.4. The molecule has 0 radical (unpaired) electrons. The number of aliphatic hydroxyl groups excluding tert-OH is 1. The monoisotopic (exact) mass is 493 g/mol. The van der Waals surface area contributed by atoms with E-state index in [9.17, 15) is 19.5 Å². The van der Waals surface area contributed by atoms with Crippen LogP contribution in [0.4, 0.5) is 0 Å². The van der Waals surface area contributed by atoms with Gasteiger partial charge >= 0.3 is 5.97 Å². The zero-order valence-electron chi connectivity index (χ0n) is 19.5. The summed E-state index contributed by atoms with van der Waals surface area (Å²) in [5.41, 5.74) is 2.62. The second kappa shape index (κ2) is 9.76. The molecule has 8 nitrogen and oxygen atoms in total. The lowest BCUT2D eigenvalue weighted by molar-refractivity contribution is -0.140. The number of ether oxygens (including phenoxy) is 1. The number of aryl methyl sites for hydroxylation is 1. The van der Waals surface area contributed by atoms with Gasteiger partial charge in [0.15, 0.2) is 0 Å². The lowest BCUT2D eigenvalue weighted by atomic mass is 9.94. The van der Waals surface area contributed by atoms with Crippen LogP contribution in [-0.4, -0.2) is 44.2 Å². The number of aromatic nitrogens is 2. The highest BCUT2D eigenvalue weighted by Crippen LogP contribution is 2.41. The summed E-state index contributed by atoms with van der Waals surface area (Å²) in [4.78, 5) is 47.3. The molecule has 35 heavy (non-hydrogen) atoms. The number of carbonyl (C=O) groups is 3. The van der Waals surface area contributed by atoms with Gasteiger partial charge in [0.25, 0.3) is 11.7 Å². The molecule has 1 saturated heterocycles. The van der Waals surface area contributed by atoms with Crippen LogP contribution >= 0.6 is 11.6 Å². The highest BCUT2D eigenvalue weighted by atomic mass is 35.5. The van der Waals surface area contributed by atoms with E-state index in [1.807, 2.05) is 0 Å². The van der Waals surface area contributed by atoms with Crippen molar-refractivity contribution in [3.8, 4) is 0 Å². The van der Waals surface area contributed by atoms with Crippen LogP contribution in [0.1, 0.15) is 51.4 Å². The Morgan fingerprint density at radius 3 is 2.54 bits per heavy atom. The Morgan fingerprint density at radius 1 is 1.20 bits per heavy atom. The normalized spacial score (nSPS) is 17.1. The molecule has 1 amide bonds. The minimum atomic E-state index is -0.868. The highest BCUT2D eigenvalue weighted by Gasteiger charge is 2.46. The van der Waals surface area contributed by atoms with Crippen LogP contribution in [-0.2, 0) is 20.9 Å². The molecule has 4 rings (SSSR count). The molecule has 0 bridgehead atoms. The Bertz CT molecular complexity index is 1330. The fourth-order valence-corrected chi connectivity index (χ4v) is 4.50. The number of carbonyl (C=O) groups excluding carboxylic acids is 3. The third kappa shape index (κ3) is 4.44. The Labute approximate surface area is 207 Å². The summed E-state index contributed by atoms with van der Waals surface area (Å²) in [5, 5.41) is 11.9. The van der Waals surface area contributed by atoms with Crippen LogP contribution in [0.15, 0.2) is 54.4 Å². The molecule has 180 valence electrons. The summed E-state index contributed by atoms with van der Waals surface area (Å²) in [6, 6.07) is 9.42. The first-order chi connectivity index (χ1) is 16.7. The van der Waals surface area contributed by atoms with Gasteiger partial charge in [-0.1, -0.05) is 29.8 Å². The number of nitrogens with one attached hydrogen (secondary N) is 1. The van der Waals surface area contributed by atoms with Gasteiger partial charge in [0.05, 0.1) is 18.2 Å². The molecule has 1 aromatic carbocycles.